The molecule has 0 amide bonds. The van der Waals surface area contributed by atoms with Crippen LogP contribution < -0.4 is 5.73 Å². The topological polar surface area (TPSA) is 26.0 Å². The van der Waals surface area contributed by atoms with E-state index < -0.39 is 0 Å². The van der Waals surface area contributed by atoms with Crippen LogP contribution in [0.4, 0.5) is 0 Å². The van der Waals surface area contributed by atoms with Gasteiger partial charge in [0.1, 0.15) is 0 Å². The first-order valence-corrected chi connectivity index (χ1v) is 5.81. The highest BCUT2D eigenvalue weighted by Gasteiger charge is 2.30. The summed E-state index contributed by atoms with van der Waals surface area (Å²) < 4.78 is 1.20. The van der Waals surface area contributed by atoms with E-state index in [1.165, 1.54) is 27.1 Å². The molecule has 1 aliphatic rings. The van der Waals surface area contributed by atoms with Crippen LogP contribution in [-0.2, 0) is 0 Å². The van der Waals surface area contributed by atoms with Gasteiger partial charge in [0.25, 0.3) is 0 Å². The average molecular weight is 246 g/mol. The predicted octanol–water partition coefficient (Wildman–Crippen LogP) is 3.23. The Bertz CT molecular complexity index is 291. The fourth-order valence-electron chi connectivity index (χ4n) is 1.50. The Balaban J connectivity index is 2.25. The Labute approximate surface area is 85.1 Å². The maximum Gasteiger partial charge on any atom is 0.0704 e. The molecule has 0 radical (unpaired) electrons. The number of hydrogen-bond acceptors (Lipinski definition) is 2. The molecule has 1 aliphatic carbocycles. The Kier molecular flexibility index (Phi) is 2.27. The van der Waals surface area contributed by atoms with Crippen LogP contribution in [0.1, 0.15) is 29.3 Å². The van der Waals surface area contributed by atoms with Crippen molar-refractivity contribution < 1.29 is 0 Å². The summed E-state index contributed by atoms with van der Waals surface area (Å²) in [7, 11) is 0. The molecule has 12 heavy (non-hydrogen) atoms. The van der Waals surface area contributed by atoms with Crippen molar-refractivity contribution in [3.05, 3.63) is 20.3 Å². The molecular weight excluding hydrogens is 234 g/mol. The normalized spacial score (nSPS) is 19.6. The number of halogens is 1. The number of hydrogen-bond donors (Lipinski definition) is 1. The van der Waals surface area contributed by atoms with Crippen molar-refractivity contribution in [1.29, 1.82) is 0 Å². The summed E-state index contributed by atoms with van der Waals surface area (Å²) in [6.45, 7) is 2.15. The van der Waals surface area contributed by atoms with Crippen molar-refractivity contribution in [1.82, 2.24) is 0 Å². The molecule has 2 N–H and O–H groups in total. The second-order valence-electron chi connectivity index (χ2n) is 3.43. The van der Waals surface area contributed by atoms with Gasteiger partial charge in [0.05, 0.1) is 3.79 Å². The van der Waals surface area contributed by atoms with Gasteiger partial charge in [-0.1, -0.05) is 0 Å². The smallest absolute Gasteiger partial charge is 0.0704 e. The minimum absolute atomic E-state index is 0.285. The van der Waals surface area contributed by atoms with E-state index >= 15 is 0 Å². The van der Waals surface area contributed by atoms with Crippen molar-refractivity contribution >= 4 is 27.3 Å². The van der Waals surface area contributed by atoms with Gasteiger partial charge in [-0.25, -0.2) is 0 Å². The van der Waals surface area contributed by atoms with Crippen LogP contribution in [0.3, 0.4) is 0 Å². The maximum atomic E-state index is 6.10. The van der Waals surface area contributed by atoms with Gasteiger partial charge in [-0.15, -0.1) is 11.3 Å². The minimum atomic E-state index is 0.285. The predicted molar refractivity (Wildman–Crippen MR) is 56.4 cm³/mol. The third-order valence-corrected chi connectivity index (χ3v) is 3.98. The molecule has 1 aromatic heterocycles. The Morgan fingerprint density at radius 1 is 1.67 bits per heavy atom. The summed E-state index contributed by atoms with van der Waals surface area (Å²) in [4.78, 5) is 1.36. The van der Waals surface area contributed by atoms with E-state index in [2.05, 4.69) is 28.9 Å². The zero-order valence-corrected chi connectivity index (χ0v) is 9.41. The zero-order valence-electron chi connectivity index (χ0n) is 7.01. The first kappa shape index (κ1) is 8.73. The van der Waals surface area contributed by atoms with Crippen LogP contribution in [-0.4, -0.2) is 0 Å². The molecule has 66 valence electrons. The van der Waals surface area contributed by atoms with E-state index in [-0.39, 0.29) is 6.04 Å². The van der Waals surface area contributed by atoms with Crippen LogP contribution in [0.2, 0.25) is 0 Å². The largest absolute Gasteiger partial charge is 0.324 e. The summed E-state index contributed by atoms with van der Waals surface area (Å²) in [5, 5.41) is 0. The third kappa shape index (κ3) is 1.58. The van der Waals surface area contributed by atoms with Gasteiger partial charge >= 0.3 is 0 Å². The molecule has 0 bridgehead atoms. The zero-order chi connectivity index (χ0) is 8.72. The molecule has 1 heterocycles. The van der Waals surface area contributed by atoms with Crippen LogP contribution in [0.5, 0.6) is 0 Å². The minimum Gasteiger partial charge on any atom is -0.324 e. The van der Waals surface area contributed by atoms with Crippen LogP contribution in [0.15, 0.2) is 9.85 Å². The molecule has 0 aromatic carbocycles. The lowest BCUT2D eigenvalue weighted by Crippen LogP contribution is -2.12. The molecule has 1 saturated carbocycles. The number of aryl methyl sites for hydroxylation is 1. The number of rotatable bonds is 2. The first-order chi connectivity index (χ1) is 5.68. The van der Waals surface area contributed by atoms with Crippen LogP contribution in [0, 0.1) is 12.8 Å². The van der Waals surface area contributed by atoms with Crippen molar-refractivity contribution in [2.24, 2.45) is 11.7 Å². The highest BCUT2D eigenvalue weighted by Crippen LogP contribution is 2.42. The second kappa shape index (κ2) is 3.13. The van der Waals surface area contributed by atoms with Gasteiger partial charge in [0.2, 0.25) is 0 Å². The standard InChI is InChI=1S/C9H12BrNS/c1-5-7(4-8(10)12-5)9(11)6-2-3-6/h4,6,9H,2-3,11H2,1H3. The van der Waals surface area contributed by atoms with Gasteiger partial charge in [-0.05, 0) is 53.2 Å². The Morgan fingerprint density at radius 3 is 2.75 bits per heavy atom. The molecule has 1 unspecified atom stereocenters. The first-order valence-electron chi connectivity index (χ1n) is 4.20. The molecule has 3 heteroatoms. The molecule has 1 nitrogen and oxygen atoms in total. The Morgan fingerprint density at radius 2 is 2.33 bits per heavy atom. The van der Waals surface area contributed by atoms with Gasteiger partial charge in [-0.2, -0.15) is 0 Å². The van der Waals surface area contributed by atoms with E-state index in [0.717, 1.165) is 5.92 Å². The highest BCUT2D eigenvalue weighted by atomic mass is 79.9. The van der Waals surface area contributed by atoms with Crippen molar-refractivity contribution in [2.45, 2.75) is 25.8 Å². The Hall–Kier alpha value is 0.140. The fourth-order valence-corrected chi connectivity index (χ4v) is 3.27. The molecule has 2 rings (SSSR count). The molecule has 0 saturated heterocycles. The van der Waals surface area contributed by atoms with Crippen molar-refractivity contribution in [2.75, 3.05) is 0 Å². The van der Waals surface area contributed by atoms with Crippen LogP contribution >= 0.6 is 27.3 Å². The van der Waals surface area contributed by atoms with E-state index in [1.54, 1.807) is 11.3 Å². The lowest BCUT2D eigenvalue weighted by Gasteiger charge is -2.08. The summed E-state index contributed by atoms with van der Waals surface area (Å²) in [6, 6.07) is 2.45. The highest BCUT2D eigenvalue weighted by molar-refractivity contribution is 9.11. The summed E-state index contributed by atoms with van der Waals surface area (Å²) in [5.41, 5.74) is 7.44. The summed E-state index contributed by atoms with van der Waals surface area (Å²) >= 11 is 5.26. The van der Waals surface area contributed by atoms with Gasteiger partial charge in [0.15, 0.2) is 0 Å². The van der Waals surface area contributed by atoms with E-state index in [1.807, 2.05) is 0 Å². The maximum absolute atomic E-state index is 6.10. The quantitative estimate of drug-likeness (QED) is 0.851. The van der Waals surface area contributed by atoms with Gasteiger partial charge in [-0.3, -0.25) is 0 Å². The average Bonchev–Trinajstić information content (AvgIpc) is 2.77. The van der Waals surface area contributed by atoms with E-state index in [9.17, 15) is 0 Å². The number of nitrogens with two attached hydrogens (primary N) is 1. The van der Waals surface area contributed by atoms with Gasteiger partial charge in [0, 0.05) is 10.9 Å². The molecule has 1 fully saturated rings. The monoisotopic (exact) mass is 245 g/mol. The number of thiophene rings is 1. The van der Waals surface area contributed by atoms with Gasteiger partial charge < -0.3 is 5.73 Å². The molecule has 1 aromatic rings. The molecule has 0 spiro atoms. The van der Waals surface area contributed by atoms with E-state index in [0.29, 0.717) is 0 Å². The summed E-state index contributed by atoms with van der Waals surface area (Å²) in [6.07, 6.45) is 2.63. The van der Waals surface area contributed by atoms with Crippen LogP contribution in [0.25, 0.3) is 0 Å². The van der Waals surface area contributed by atoms with Crippen molar-refractivity contribution in [3.63, 3.8) is 0 Å². The molecular formula is C9H12BrNS. The SMILES string of the molecule is Cc1sc(Br)cc1C(N)C1CC1. The lowest BCUT2D eigenvalue weighted by atomic mass is 10.1. The fraction of sp³-hybridized carbons (Fsp3) is 0.556. The van der Waals surface area contributed by atoms with E-state index in [4.69, 9.17) is 5.73 Å². The lowest BCUT2D eigenvalue weighted by molar-refractivity contribution is 0.632. The molecule has 1 atom stereocenters. The molecule has 0 aliphatic heterocycles. The second-order valence-corrected chi connectivity index (χ2v) is 6.06. The van der Waals surface area contributed by atoms with Crippen molar-refractivity contribution in [3.8, 4) is 0 Å². The third-order valence-electron chi connectivity index (χ3n) is 2.42. The summed E-state index contributed by atoms with van der Waals surface area (Å²) in [5.74, 6) is 0.755.